The quantitative estimate of drug-likeness (QED) is 0.197. The Morgan fingerprint density at radius 3 is 2.31 bits per heavy atom. The smallest absolute Gasteiger partial charge is 0.407 e. The van der Waals surface area contributed by atoms with E-state index in [0.29, 0.717) is 29.2 Å². The topological polar surface area (TPSA) is 152 Å². The van der Waals surface area contributed by atoms with Gasteiger partial charge in [0, 0.05) is 24.2 Å². The first-order valence-corrected chi connectivity index (χ1v) is 13.4. The van der Waals surface area contributed by atoms with Crippen molar-refractivity contribution >= 4 is 29.6 Å². The van der Waals surface area contributed by atoms with Gasteiger partial charge in [0.05, 0.1) is 14.2 Å². The number of benzene rings is 3. The molecule has 0 aromatic heterocycles. The summed E-state index contributed by atoms with van der Waals surface area (Å²) in [6.07, 6.45) is 0.0792. The van der Waals surface area contributed by atoms with Crippen LogP contribution in [0.1, 0.15) is 40.7 Å². The molecule has 0 spiro atoms. The summed E-state index contributed by atoms with van der Waals surface area (Å²) in [6, 6.07) is 19.8. The highest BCUT2D eigenvalue weighted by Crippen LogP contribution is 2.27. The van der Waals surface area contributed by atoms with Crippen LogP contribution in [0.25, 0.3) is 0 Å². The Bertz CT molecular complexity index is 1360. The van der Waals surface area contributed by atoms with E-state index in [4.69, 9.17) is 19.3 Å². The molecule has 0 saturated heterocycles. The minimum atomic E-state index is -0.972. The molecule has 3 rings (SSSR count). The van der Waals surface area contributed by atoms with Gasteiger partial charge in [-0.2, -0.15) is 0 Å². The monoisotopic (exact) mass is 577 g/mol. The molecule has 0 fully saturated rings. The van der Waals surface area contributed by atoms with Crippen LogP contribution in [0.3, 0.4) is 0 Å². The van der Waals surface area contributed by atoms with Gasteiger partial charge in [-0.05, 0) is 54.7 Å². The number of hydrogen-bond acceptors (Lipinski definition) is 7. The zero-order chi connectivity index (χ0) is 30.3. The van der Waals surface area contributed by atoms with E-state index >= 15 is 0 Å². The molecule has 0 heterocycles. The Kier molecular flexibility index (Phi) is 12.2. The minimum Gasteiger partial charge on any atom is -0.493 e. The van der Waals surface area contributed by atoms with Crippen molar-refractivity contribution in [3.05, 3.63) is 89.5 Å². The van der Waals surface area contributed by atoms with Crippen LogP contribution in [-0.4, -0.2) is 55.8 Å². The van der Waals surface area contributed by atoms with Crippen LogP contribution in [0.5, 0.6) is 11.5 Å². The summed E-state index contributed by atoms with van der Waals surface area (Å²) in [5.74, 6) is -1.14. The molecule has 4 N–H and O–H groups in total. The summed E-state index contributed by atoms with van der Waals surface area (Å²) in [7, 11) is 2.94. The maximum absolute atomic E-state index is 13.4. The van der Waals surface area contributed by atoms with E-state index in [1.54, 1.807) is 36.4 Å². The highest BCUT2D eigenvalue weighted by molar-refractivity contribution is 6.01. The van der Waals surface area contributed by atoms with Crippen LogP contribution in [0, 0.1) is 0 Å². The number of amides is 3. The van der Waals surface area contributed by atoms with Crippen molar-refractivity contribution in [2.45, 2.75) is 38.3 Å². The van der Waals surface area contributed by atoms with Gasteiger partial charge in [-0.15, -0.1) is 0 Å². The predicted molar refractivity (Wildman–Crippen MR) is 156 cm³/mol. The molecule has 0 unspecified atom stereocenters. The number of carboxylic acids is 1. The lowest BCUT2D eigenvalue weighted by Crippen LogP contribution is -2.44. The number of para-hydroxylation sites is 1. The second-order valence-electron chi connectivity index (χ2n) is 9.27. The fourth-order valence-corrected chi connectivity index (χ4v) is 4.08. The van der Waals surface area contributed by atoms with E-state index in [2.05, 4.69) is 16.0 Å². The van der Waals surface area contributed by atoms with Crippen molar-refractivity contribution in [3.63, 3.8) is 0 Å². The number of alkyl carbamates (subject to hydrolysis) is 1. The van der Waals surface area contributed by atoms with E-state index in [9.17, 15) is 19.2 Å². The van der Waals surface area contributed by atoms with Crippen molar-refractivity contribution < 1.29 is 38.5 Å². The van der Waals surface area contributed by atoms with Crippen LogP contribution in [0.2, 0.25) is 0 Å². The Balaban J connectivity index is 1.66. The molecular weight excluding hydrogens is 542 g/mol. The Morgan fingerprint density at radius 1 is 0.881 bits per heavy atom. The van der Waals surface area contributed by atoms with Crippen molar-refractivity contribution in [2.75, 3.05) is 26.1 Å². The summed E-state index contributed by atoms with van der Waals surface area (Å²) < 4.78 is 15.7. The highest BCUT2D eigenvalue weighted by atomic mass is 16.5. The summed E-state index contributed by atoms with van der Waals surface area (Å²) in [6.45, 7) is 0.333. The molecule has 3 amide bonds. The lowest BCUT2D eigenvalue weighted by molar-refractivity contribution is -0.137. The van der Waals surface area contributed by atoms with Gasteiger partial charge in [-0.3, -0.25) is 14.4 Å². The number of carboxylic acid groups (broad SMARTS) is 1. The molecule has 3 aromatic rings. The fraction of sp³-hybridized carbons (Fsp3) is 0.290. The third-order valence-corrected chi connectivity index (χ3v) is 6.30. The SMILES string of the molecule is COc1ccc(C(=O)N[C@@H](CCCNC(=O)OCc2ccccc2)C(=O)Nc2ccccc2CCC(=O)O)cc1OC. The van der Waals surface area contributed by atoms with E-state index in [-0.39, 0.29) is 38.0 Å². The van der Waals surface area contributed by atoms with Gasteiger partial charge in [0.25, 0.3) is 5.91 Å². The lowest BCUT2D eigenvalue weighted by atomic mass is 10.1. The van der Waals surface area contributed by atoms with Gasteiger partial charge < -0.3 is 35.3 Å². The number of methoxy groups -OCH3 is 2. The van der Waals surface area contributed by atoms with E-state index < -0.39 is 29.9 Å². The molecule has 11 nitrogen and oxygen atoms in total. The molecule has 0 aliphatic carbocycles. The van der Waals surface area contributed by atoms with Crippen molar-refractivity contribution in [2.24, 2.45) is 0 Å². The number of carbonyl (C=O) groups excluding carboxylic acids is 3. The second-order valence-corrected chi connectivity index (χ2v) is 9.27. The Hall–Kier alpha value is -5.06. The van der Waals surface area contributed by atoms with Crippen molar-refractivity contribution in [3.8, 4) is 11.5 Å². The number of aliphatic carboxylic acids is 1. The summed E-state index contributed by atoms with van der Waals surface area (Å²) in [5.41, 5.74) is 2.22. The number of aryl methyl sites for hydroxylation is 1. The van der Waals surface area contributed by atoms with Crippen molar-refractivity contribution in [1.29, 1.82) is 0 Å². The maximum Gasteiger partial charge on any atom is 0.407 e. The van der Waals surface area contributed by atoms with Crippen LogP contribution in [0.4, 0.5) is 10.5 Å². The first kappa shape index (κ1) is 31.5. The number of ether oxygens (including phenoxy) is 3. The number of anilines is 1. The van der Waals surface area contributed by atoms with Gasteiger partial charge >= 0.3 is 12.1 Å². The van der Waals surface area contributed by atoms with Gasteiger partial charge in [0.15, 0.2) is 11.5 Å². The Labute approximate surface area is 244 Å². The van der Waals surface area contributed by atoms with E-state index in [1.807, 2.05) is 30.3 Å². The van der Waals surface area contributed by atoms with Crippen LogP contribution < -0.4 is 25.4 Å². The van der Waals surface area contributed by atoms with Gasteiger partial charge in [-0.25, -0.2) is 4.79 Å². The van der Waals surface area contributed by atoms with Crippen molar-refractivity contribution in [1.82, 2.24) is 10.6 Å². The molecule has 3 aromatic carbocycles. The predicted octanol–water partition coefficient (Wildman–Crippen LogP) is 4.16. The zero-order valence-corrected chi connectivity index (χ0v) is 23.6. The first-order valence-electron chi connectivity index (χ1n) is 13.4. The molecule has 1 atom stereocenters. The average molecular weight is 578 g/mol. The molecule has 0 aliphatic heterocycles. The van der Waals surface area contributed by atoms with E-state index in [1.165, 1.54) is 20.3 Å². The fourth-order valence-electron chi connectivity index (χ4n) is 4.08. The minimum absolute atomic E-state index is 0.0988. The molecule has 222 valence electrons. The third kappa shape index (κ3) is 9.84. The molecule has 0 aliphatic rings. The summed E-state index contributed by atoms with van der Waals surface area (Å²) in [5, 5.41) is 17.3. The number of carbonyl (C=O) groups is 4. The second kappa shape index (κ2) is 16.3. The van der Waals surface area contributed by atoms with Gasteiger partial charge in [0.1, 0.15) is 12.6 Å². The summed E-state index contributed by atoms with van der Waals surface area (Å²) >= 11 is 0. The largest absolute Gasteiger partial charge is 0.493 e. The normalized spacial score (nSPS) is 11.1. The number of rotatable bonds is 15. The maximum atomic E-state index is 13.4. The number of hydrogen-bond donors (Lipinski definition) is 4. The average Bonchev–Trinajstić information content (AvgIpc) is 3.00. The van der Waals surface area contributed by atoms with Gasteiger partial charge in [-0.1, -0.05) is 48.5 Å². The Morgan fingerprint density at radius 2 is 1.60 bits per heavy atom. The van der Waals surface area contributed by atoms with Crippen LogP contribution in [-0.2, 0) is 27.4 Å². The van der Waals surface area contributed by atoms with Crippen LogP contribution >= 0.6 is 0 Å². The number of nitrogens with one attached hydrogen (secondary N) is 3. The molecule has 0 radical (unpaired) electrons. The van der Waals surface area contributed by atoms with Crippen LogP contribution in [0.15, 0.2) is 72.8 Å². The standard InChI is InChI=1S/C31H35N3O8/c1-40-26-16-14-23(19-27(26)41-2)29(37)34-25(13-8-18-32-31(39)42-20-21-9-4-3-5-10-21)30(38)33-24-12-7-6-11-22(24)15-17-28(35)36/h3-7,9-12,14,16,19,25H,8,13,15,17-18,20H2,1-2H3,(H,32,39)(H,33,38)(H,34,37)(H,35,36)/t25-/m0/s1. The molecule has 42 heavy (non-hydrogen) atoms. The first-order chi connectivity index (χ1) is 20.3. The summed E-state index contributed by atoms with van der Waals surface area (Å²) in [4.78, 5) is 49.7. The molecule has 0 saturated carbocycles. The highest BCUT2D eigenvalue weighted by Gasteiger charge is 2.23. The lowest BCUT2D eigenvalue weighted by Gasteiger charge is -2.20. The van der Waals surface area contributed by atoms with E-state index in [0.717, 1.165) is 5.56 Å². The van der Waals surface area contributed by atoms with Gasteiger partial charge in [0.2, 0.25) is 5.91 Å². The molecule has 0 bridgehead atoms. The molecular formula is C31H35N3O8. The zero-order valence-electron chi connectivity index (χ0n) is 23.6. The third-order valence-electron chi connectivity index (χ3n) is 6.30. The molecule has 11 heteroatoms.